The highest BCUT2D eigenvalue weighted by atomic mass is 16.6. The number of piperidine rings is 1. The van der Waals surface area contributed by atoms with E-state index in [0.717, 1.165) is 31.5 Å². The van der Waals surface area contributed by atoms with E-state index in [1.165, 1.54) is 12.1 Å². The summed E-state index contributed by atoms with van der Waals surface area (Å²) in [7, 11) is 0. The predicted octanol–water partition coefficient (Wildman–Crippen LogP) is 3.91. The first-order valence-corrected chi connectivity index (χ1v) is 10.9. The number of carbonyl (C=O) groups excluding carboxylic acids is 2. The number of nitro groups is 1. The van der Waals surface area contributed by atoms with Crippen molar-refractivity contribution in [3.8, 4) is 0 Å². The third-order valence-corrected chi connectivity index (χ3v) is 5.71. The Morgan fingerprint density at radius 1 is 1.25 bits per heavy atom. The van der Waals surface area contributed by atoms with E-state index >= 15 is 0 Å². The molecule has 2 aromatic carbocycles. The van der Waals surface area contributed by atoms with E-state index in [-0.39, 0.29) is 17.2 Å². The molecule has 170 valence electrons. The Bertz CT molecular complexity index is 963. The molecule has 1 N–H and O–H groups in total. The lowest BCUT2D eigenvalue weighted by Gasteiger charge is -2.32. The molecule has 0 bridgehead atoms. The molecule has 0 aromatic heterocycles. The number of nitrogens with one attached hydrogen (secondary N) is 1. The lowest BCUT2D eigenvalue weighted by Crippen LogP contribution is -2.34. The summed E-state index contributed by atoms with van der Waals surface area (Å²) < 4.78 is 5.08. The van der Waals surface area contributed by atoms with Crippen LogP contribution in [0.2, 0.25) is 0 Å². The van der Waals surface area contributed by atoms with Gasteiger partial charge in [0.2, 0.25) is 0 Å². The van der Waals surface area contributed by atoms with Crippen molar-refractivity contribution in [3.63, 3.8) is 0 Å². The molecule has 0 aliphatic carbocycles. The minimum atomic E-state index is -0.766. The normalized spacial score (nSPS) is 16.8. The molecule has 0 saturated carbocycles. The highest BCUT2D eigenvalue weighted by Gasteiger charge is 2.25. The molecule has 32 heavy (non-hydrogen) atoms. The van der Waals surface area contributed by atoms with E-state index in [1.807, 2.05) is 42.2 Å². The van der Waals surface area contributed by atoms with Crippen LogP contribution in [0.4, 0.5) is 11.4 Å². The monoisotopic (exact) mass is 439 g/mol. The van der Waals surface area contributed by atoms with Gasteiger partial charge >= 0.3 is 5.97 Å². The molecule has 8 heteroatoms. The average Bonchev–Trinajstić information content (AvgIpc) is 2.81. The van der Waals surface area contributed by atoms with Crippen LogP contribution in [0.5, 0.6) is 0 Å². The van der Waals surface area contributed by atoms with Gasteiger partial charge in [-0.15, -0.1) is 0 Å². The molecule has 8 nitrogen and oxygen atoms in total. The smallest absolute Gasteiger partial charge is 0.338 e. The molecule has 1 fully saturated rings. The fraction of sp³-hybridized carbons (Fsp3) is 0.417. The summed E-state index contributed by atoms with van der Waals surface area (Å²) in [6.45, 7) is 5.57. The Hall–Kier alpha value is -3.42. The van der Waals surface area contributed by atoms with Crippen molar-refractivity contribution >= 4 is 23.3 Å². The summed E-state index contributed by atoms with van der Waals surface area (Å²) in [5.74, 6) is -0.618. The number of rotatable bonds is 8. The number of nitro benzene ring substituents is 1. The topological polar surface area (TPSA) is 102 Å². The fourth-order valence-electron chi connectivity index (χ4n) is 3.90. The van der Waals surface area contributed by atoms with Crippen LogP contribution in [0, 0.1) is 16.0 Å². The van der Waals surface area contributed by atoms with Gasteiger partial charge in [0.05, 0.1) is 10.5 Å². The zero-order valence-corrected chi connectivity index (χ0v) is 18.5. The molecule has 1 saturated heterocycles. The van der Waals surface area contributed by atoms with Gasteiger partial charge in [0.15, 0.2) is 6.61 Å². The molecule has 0 radical (unpaired) electrons. The van der Waals surface area contributed by atoms with Crippen molar-refractivity contribution in [3.05, 3.63) is 69.8 Å². The minimum absolute atomic E-state index is 0.0518. The molecular formula is C24H29N3O5. The Morgan fingerprint density at radius 2 is 2.00 bits per heavy atom. The molecule has 1 amide bonds. The molecule has 0 spiro atoms. The summed E-state index contributed by atoms with van der Waals surface area (Å²) in [6, 6.07) is 14.1. The van der Waals surface area contributed by atoms with Gasteiger partial charge < -0.3 is 15.0 Å². The maximum atomic E-state index is 12.4. The summed E-state index contributed by atoms with van der Waals surface area (Å²) in [6.07, 6.45) is 2.07. The second-order valence-electron chi connectivity index (χ2n) is 8.35. The van der Waals surface area contributed by atoms with Crippen molar-refractivity contribution < 1.29 is 19.2 Å². The molecule has 1 aliphatic heterocycles. The molecule has 2 unspecified atom stereocenters. The first kappa shape index (κ1) is 23.2. The van der Waals surface area contributed by atoms with Crippen molar-refractivity contribution in [1.29, 1.82) is 0 Å². The largest absolute Gasteiger partial charge is 0.452 e. The molecule has 1 heterocycles. The maximum Gasteiger partial charge on any atom is 0.338 e. The van der Waals surface area contributed by atoms with Crippen LogP contribution < -0.4 is 10.2 Å². The van der Waals surface area contributed by atoms with Gasteiger partial charge in [-0.25, -0.2) is 4.79 Å². The molecule has 2 atom stereocenters. The Morgan fingerprint density at radius 3 is 2.69 bits per heavy atom. The summed E-state index contributed by atoms with van der Waals surface area (Å²) in [4.78, 5) is 37.6. The van der Waals surface area contributed by atoms with Gasteiger partial charge in [-0.1, -0.05) is 44.2 Å². The zero-order chi connectivity index (χ0) is 23.1. The van der Waals surface area contributed by atoms with E-state index in [9.17, 15) is 19.7 Å². The standard InChI is InChI=1S/C24H29N3O5/c1-17-7-6-12-26(15-17)21-11-10-20(13-22(21)27(30)31)24(29)32-16-23(28)25-14-18(2)19-8-4-3-5-9-19/h3-5,8-11,13,17-18H,6-7,12,14-16H2,1-2H3,(H,25,28). The quantitative estimate of drug-likeness (QED) is 0.380. The third kappa shape index (κ3) is 6.06. The fourth-order valence-corrected chi connectivity index (χ4v) is 3.90. The average molecular weight is 440 g/mol. The Balaban J connectivity index is 1.57. The van der Waals surface area contributed by atoms with Crippen molar-refractivity contribution in [1.82, 2.24) is 5.32 Å². The number of hydrogen-bond donors (Lipinski definition) is 1. The minimum Gasteiger partial charge on any atom is -0.452 e. The van der Waals surface area contributed by atoms with E-state index in [1.54, 1.807) is 6.07 Å². The molecule has 1 aliphatic rings. The van der Waals surface area contributed by atoms with Gasteiger partial charge in [0.25, 0.3) is 11.6 Å². The van der Waals surface area contributed by atoms with Crippen LogP contribution in [0.3, 0.4) is 0 Å². The van der Waals surface area contributed by atoms with Crippen LogP contribution in [0.15, 0.2) is 48.5 Å². The van der Waals surface area contributed by atoms with E-state index < -0.39 is 23.4 Å². The first-order valence-electron chi connectivity index (χ1n) is 10.9. The molecule has 2 aromatic rings. The van der Waals surface area contributed by atoms with Gasteiger partial charge in [-0.2, -0.15) is 0 Å². The van der Waals surface area contributed by atoms with Crippen LogP contribution >= 0.6 is 0 Å². The zero-order valence-electron chi connectivity index (χ0n) is 18.5. The van der Waals surface area contributed by atoms with Gasteiger partial charge in [0, 0.05) is 25.7 Å². The second kappa shape index (κ2) is 10.7. The Labute approximate surface area is 187 Å². The summed E-state index contributed by atoms with van der Waals surface area (Å²) in [5.41, 5.74) is 1.52. The molecule has 3 rings (SSSR count). The van der Waals surface area contributed by atoms with Gasteiger partial charge in [-0.3, -0.25) is 14.9 Å². The number of benzene rings is 2. The second-order valence-corrected chi connectivity index (χ2v) is 8.35. The first-order chi connectivity index (χ1) is 15.3. The van der Waals surface area contributed by atoms with Crippen LogP contribution in [0.1, 0.15) is 48.5 Å². The SMILES string of the molecule is CC1CCCN(c2ccc(C(=O)OCC(=O)NCC(C)c3ccccc3)cc2[N+](=O)[O-])C1. The van der Waals surface area contributed by atoms with Crippen LogP contribution in [-0.4, -0.2) is 43.0 Å². The number of esters is 1. The number of amides is 1. The number of hydrogen-bond acceptors (Lipinski definition) is 6. The van der Waals surface area contributed by atoms with Gasteiger partial charge in [-0.05, 0) is 42.4 Å². The summed E-state index contributed by atoms with van der Waals surface area (Å²) in [5, 5.41) is 14.4. The highest BCUT2D eigenvalue weighted by Crippen LogP contribution is 2.32. The van der Waals surface area contributed by atoms with Crippen molar-refractivity contribution in [2.24, 2.45) is 5.92 Å². The predicted molar refractivity (Wildman–Crippen MR) is 122 cm³/mol. The van der Waals surface area contributed by atoms with E-state index in [4.69, 9.17) is 4.74 Å². The maximum absolute atomic E-state index is 12.4. The lowest BCUT2D eigenvalue weighted by molar-refractivity contribution is -0.384. The molecular weight excluding hydrogens is 410 g/mol. The Kier molecular flexibility index (Phi) is 7.81. The van der Waals surface area contributed by atoms with Crippen molar-refractivity contribution in [2.75, 3.05) is 31.1 Å². The lowest BCUT2D eigenvalue weighted by atomic mass is 9.99. The van der Waals surface area contributed by atoms with E-state index in [0.29, 0.717) is 18.2 Å². The third-order valence-electron chi connectivity index (χ3n) is 5.71. The number of anilines is 1. The number of ether oxygens (including phenoxy) is 1. The highest BCUT2D eigenvalue weighted by molar-refractivity contribution is 5.93. The van der Waals surface area contributed by atoms with Crippen LogP contribution in [0.25, 0.3) is 0 Å². The number of nitrogens with zero attached hydrogens (tertiary/aromatic N) is 2. The van der Waals surface area contributed by atoms with Gasteiger partial charge in [0.1, 0.15) is 5.69 Å². The van der Waals surface area contributed by atoms with Crippen LogP contribution in [-0.2, 0) is 9.53 Å². The number of carbonyl (C=O) groups is 2. The van der Waals surface area contributed by atoms with E-state index in [2.05, 4.69) is 12.2 Å². The van der Waals surface area contributed by atoms with Crippen molar-refractivity contribution in [2.45, 2.75) is 32.6 Å². The summed E-state index contributed by atoms with van der Waals surface area (Å²) >= 11 is 0.